The first kappa shape index (κ1) is 19.6. The Morgan fingerprint density at radius 1 is 1.13 bits per heavy atom. The third kappa shape index (κ3) is 4.12. The molecule has 5 rings (SSSR count). The molecule has 2 fully saturated rings. The molecule has 1 atom stereocenters. The average molecular weight is 439 g/mol. The summed E-state index contributed by atoms with van der Waals surface area (Å²) >= 11 is 7.73. The van der Waals surface area contributed by atoms with E-state index in [0.717, 1.165) is 34.9 Å². The molecule has 7 heteroatoms. The lowest BCUT2D eigenvalue weighted by molar-refractivity contribution is -0.115. The van der Waals surface area contributed by atoms with Gasteiger partial charge in [-0.1, -0.05) is 59.8 Å². The largest absolute Gasteiger partial charge is 0.325 e. The first-order chi connectivity index (χ1) is 14.6. The van der Waals surface area contributed by atoms with Crippen LogP contribution in [0.25, 0.3) is 0 Å². The predicted molar refractivity (Wildman–Crippen MR) is 120 cm³/mol. The monoisotopic (exact) mass is 438 g/mol. The molecule has 0 saturated heterocycles. The molecule has 3 aromatic rings. The van der Waals surface area contributed by atoms with Crippen LogP contribution in [0.15, 0.2) is 53.7 Å². The highest BCUT2D eigenvalue weighted by atomic mass is 35.5. The molecule has 2 aromatic carbocycles. The normalized spacial score (nSPS) is 17.0. The Bertz CT molecular complexity index is 1080. The minimum Gasteiger partial charge on any atom is -0.325 e. The number of aromatic nitrogens is 3. The molecule has 30 heavy (non-hydrogen) atoms. The number of halogens is 1. The van der Waals surface area contributed by atoms with Crippen molar-refractivity contribution in [3.8, 4) is 0 Å². The zero-order chi connectivity index (χ0) is 20.7. The Kier molecular flexibility index (Phi) is 5.29. The number of nitrogens with zero attached hydrogens (tertiary/aromatic N) is 3. The topological polar surface area (TPSA) is 59.8 Å². The van der Waals surface area contributed by atoms with Gasteiger partial charge < -0.3 is 9.88 Å². The first-order valence-electron chi connectivity index (χ1n) is 10.3. The number of amides is 1. The van der Waals surface area contributed by atoms with Crippen molar-refractivity contribution < 1.29 is 4.79 Å². The standard InChI is InChI=1S/C23H23ClN4OS/c1-14-7-10-17(13-19(14)24)25-22(29)20(15-5-3-2-4-6-15)30-23-27-26-21(16-8-9-16)28(23)18-11-12-18/h2-7,10,13,16,18,20H,8-9,11-12H2,1H3,(H,25,29)/t20-/m1/s1. The SMILES string of the molecule is Cc1ccc(NC(=O)[C@H](Sc2nnc(C3CC3)n2C2CC2)c2ccccc2)cc1Cl. The number of hydrogen-bond donors (Lipinski definition) is 1. The van der Waals surface area contributed by atoms with Crippen molar-refractivity contribution in [2.75, 3.05) is 5.32 Å². The van der Waals surface area contributed by atoms with Gasteiger partial charge in [0.1, 0.15) is 11.1 Å². The number of nitrogens with one attached hydrogen (secondary N) is 1. The lowest BCUT2D eigenvalue weighted by Crippen LogP contribution is -2.19. The number of thioether (sulfide) groups is 1. The quantitative estimate of drug-likeness (QED) is 0.465. The highest BCUT2D eigenvalue weighted by Gasteiger charge is 2.37. The van der Waals surface area contributed by atoms with E-state index in [9.17, 15) is 4.79 Å². The van der Waals surface area contributed by atoms with Crippen LogP contribution in [0.2, 0.25) is 5.02 Å². The molecule has 1 aromatic heterocycles. The van der Waals surface area contributed by atoms with Gasteiger partial charge in [0.05, 0.1) is 0 Å². The molecule has 0 spiro atoms. The molecule has 1 heterocycles. The Labute approximate surface area is 185 Å². The smallest absolute Gasteiger partial charge is 0.242 e. The lowest BCUT2D eigenvalue weighted by atomic mass is 10.1. The van der Waals surface area contributed by atoms with Crippen LogP contribution in [0.3, 0.4) is 0 Å². The molecule has 0 bridgehead atoms. The number of anilines is 1. The van der Waals surface area contributed by atoms with Gasteiger partial charge in [0.15, 0.2) is 5.16 Å². The third-order valence-corrected chi connectivity index (χ3v) is 7.17. The summed E-state index contributed by atoms with van der Waals surface area (Å²) in [7, 11) is 0. The van der Waals surface area contributed by atoms with Crippen molar-refractivity contribution in [3.63, 3.8) is 0 Å². The fourth-order valence-corrected chi connectivity index (χ4v) is 4.84. The fraction of sp³-hybridized carbons (Fsp3) is 0.348. The summed E-state index contributed by atoms with van der Waals surface area (Å²) in [6, 6.07) is 15.9. The van der Waals surface area contributed by atoms with Crippen molar-refractivity contribution in [3.05, 3.63) is 70.5 Å². The number of benzene rings is 2. The molecular formula is C23H23ClN4OS. The summed E-state index contributed by atoms with van der Waals surface area (Å²) in [5.74, 6) is 1.54. The molecule has 2 aliphatic carbocycles. The molecule has 2 saturated carbocycles. The van der Waals surface area contributed by atoms with Gasteiger partial charge in [0, 0.05) is 22.7 Å². The van der Waals surface area contributed by atoms with E-state index in [-0.39, 0.29) is 5.91 Å². The van der Waals surface area contributed by atoms with Gasteiger partial charge >= 0.3 is 0 Å². The van der Waals surface area contributed by atoms with Crippen molar-refractivity contribution in [1.82, 2.24) is 14.8 Å². The van der Waals surface area contributed by atoms with E-state index < -0.39 is 5.25 Å². The number of aryl methyl sites for hydroxylation is 1. The minimum absolute atomic E-state index is 0.0931. The Morgan fingerprint density at radius 2 is 1.90 bits per heavy atom. The number of carbonyl (C=O) groups excluding carboxylic acids is 1. The molecule has 154 valence electrons. The molecule has 0 aliphatic heterocycles. The number of hydrogen-bond acceptors (Lipinski definition) is 4. The van der Waals surface area contributed by atoms with Crippen LogP contribution in [-0.4, -0.2) is 20.7 Å². The molecule has 1 N–H and O–H groups in total. The van der Waals surface area contributed by atoms with Gasteiger partial charge in [-0.2, -0.15) is 0 Å². The van der Waals surface area contributed by atoms with Gasteiger partial charge in [0.2, 0.25) is 5.91 Å². The lowest BCUT2D eigenvalue weighted by Gasteiger charge is -2.18. The van der Waals surface area contributed by atoms with Gasteiger partial charge in [0.25, 0.3) is 0 Å². The van der Waals surface area contributed by atoms with Crippen molar-refractivity contribution >= 4 is 35.0 Å². The van der Waals surface area contributed by atoms with Crippen LogP contribution in [0, 0.1) is 6.92 Å². The molecule has 0 unspecified atom stereocenters. The van der Waals surface area contributed by atoms with Crippen LogP contribution in [-0.2, 0) is 4.79 Å². The van der Waals surface area contributed by atoms with Gasteiger partial charge in [-0.15, -0.1) is 10.2 Å². The van der Waals surface area contributed by atoms with E-state index in [2.05, 4.69) is 20.1 Å². The molecule has 2 aliphatic rings. The minimum atomic E-state index is -0.431. The zero-order valence-corrected chi connectivity index (χ0v) is 18.3. The van der Waals surface area contributed by atoms with Crippen LogP contribution in [0.5, 0.6) is 0 Å². The van der Waals surface area contributed by atoms with E-state index in [1.54, 1.807) is 6.07 Å². The second-order valence-corrected chi connectivity index (χ2v) is 9.56. The summed E-state index contributed by atoms with van der Waals surface area (Å²) in [4.78, 5) is 13.3. The fourth-order valence-electron chi connectivity index (χ4n) is 3.55. The zero-order valence-electron chi connectivity index (χ0n) is 16.7. The third-order valence-electron chi connectivity index (χ3n) is 5.55. The summed E-state index contributed by atoms with van der Waals surface area (Å²) < 4.78 is 2.29. The highest BCUT2D eigenvalue weighted by molar-refractivity contribution is 8.00. The van der Waals surface area contributed by atoms with Crippen LogP contribution < -0.4 is 5.32 Å². The number of rotatable bonds is 7. The summed E-state index contributed by atoms with van der Waals surface area (Å²) in [6.45, 7) is 1.94. The van der Waals surface area contributed by atoms with Crippen LogP contribution in [0.1, 0.15) is 59.8 Å². The van der Waals surface area contributed by atoms with E-state index in [0.29, 0.717) is 22.7 Å². The predicted octanol–water partition coefficient (Wildman–Crippen LogP) is 5.92. The highest BCUT2D eigenvalue weighted by Crippen LogP contribution is 2.47. The van der Waals surface area contributed by atoms with E-state index in [1.165, 1.54) is 24.6 Å². The van der Waals surface area contributed by atoms with Crippen molar-refractivity contribution in [2.45, 2.75) is 55.0 Å². The average Bonchev–Trinajstić information content (AvgIpc) is 3.68. The van der Waals surface area contributed by atoms with Crippen molar-refractivity contribution in [2.24, 2.45) is 0 Å². The maximum Gasteiger partial charge on any atom is 0.242 e. The van der Waals surface area contributed by atoms with Gasteiger partial charge in [-0.3, -0.25) is 4.79 Å². The van der Waals surface area contributed by atoms with Gasteiger partial charge in [-0.05, 0) is 55.9 Å². The van der Waals surface area contributed by atoms with Gasteiger partial charge in [-0.25, -0.2) is 0 Å². The van der Waals surface area contributed by atoms with Crippen LogP contribution >= 0.6 is 23.4 Å². The molecule has 0 radical (unpaired) electrons. The summed E-state index contributed by atoms with van der Waals surface area (Å²) in [5, 5.41) is 13.1. The molecule has 5 nitrogen and oxygen atoms in total. The second-order valence-electron chi connectivity index (χ2n) is 8.08. The Morgan fingerprint density at radius 3 is 2.57 bits per heavy atom. The summed E-state index contributed by atoms with van der Waals surface area (Å²) in [6.07, 6.45) is 4.70. The number of carbonyl (C=O) groups is 1. The van der Waals surface area contributed by atoms with E-state index in [1.807, 2.05) is 49.4 Å². The maximum absolute atomic E-state index is 13.3. The van der Waals surface area contributed by atoms with Crippen molar-refractivity contribution in [1.29, 1.82) is 0 Å². The first-order valence-corrected chi connectivity index (χ1v) is 11.6. The molecule has 1 amide bonds. The summed E-state index contributed by atoms with van der Waals surface area (Å²) in [5.41, 5.74) is 2.62. The van der Waals surface area contributed by atoms with E-state index >= 15 is 0 Å². The second kappa shape index (κ2) is 8.08. The maximum atomic E-state index is 13.3. The Balaban J connectivity index is 1.44. The molecular weight excluding hydrogens is 416 g/mol. The Hall–Kier alpha value is -2.31. The van der Waals surface area contributed by atoms with E-state index in [4.69, 9.17) is 11.6 Å². The van der Waals surface area contributed by atoms with Crippen LogP contribution in [0.4, 0.5) is 5.69 Å².